The van der Waals surface area contributed by atoms with Crippen LogP contribution in [0.5, 0.6) is 0 Å². The van der Waals surface area contributed by atoms with Crippen LogP contribution in [0.1, 0.15) is 25.7 Å². The van der Waals surface area contributed by atoms with Gasteiger partial charge in [-0.2, -0.15) is 0 Å². The second-order valence-electron chi connectivity index (χ2n) is 8.29. The van der Waals surface area contributed by atoms with E-state index >= 15 is 0 Å². The Balaban J connectivity index is 0.00000289. The second kappa shape index (κ2) is 9.40. The zero-order chi connectivity index (χ0) is 23.7. The van der Waals surface area contributed by atoms with Crippen LogP contribution in [0.25, 0.3) is 10.9 Å². The van der Waals surface area contributed by atoms with Crippen LogP contribution in [-0.2, 0) is 21.4 Å². The van der Waals surface area contributed by atoms with Crippen LogP contribution >= 0.6 is 22.9 Å². The number of benzene rings is 2. The van der Waals surface area contributed by atoms with Gasteiger partial charge in [0.2, 0.25) is 5.91 Å². The molecule has 0 saturated carbocycles. The molecule has 0 radical (unpaired) electrons. The van der Waals surface area contributed by atoms with Crippen LogP contribution in [0.4, 0.5) is 5.13 Å². The highest BCUT2D eigenvalue weighted by molar-refractivity contribution is 7.93. The number of halogens is 1. The lowest BCUT2D eigenvalue weighted by Gasteiger charge is -2.32. The van der Waals surface area contributed by atoms with Gasteiger partial charge >= 0.3 is 0 Å². The fraction of sp³-hybridized carbons (Fsp3) is 0.250. The largest absolute Gasteiger partial charge is 0.341 e. The molecular formula is C24H25ClN4O3S2. The minimum absolute atomic E-state index is 0. The van der Waals surface area contributed by atoms with Gasteiger partial charge in [-0.25, -0.2) is 13.4 Å². The van der Waals surface area contributed by atoms with Crippen molar-refractivity contribution in [3.8, 4) is 0 Å². The molecule has 1 aliphatic rings. The highest BCUT2D eigenvalue weighted by atomic mass is 35.5. The Bertz CT molecular complexity index is 1420. The number of nitrogens with one attached hydrogen (secondary N) is 1. The van der Waals surface area contributed by atoms with E-state index in [9.17, 15) is 13.2 Å². The average Bonchev–Trinajstić information content (AvgIpc) is 3.50. The third-order valence-corrected chi connectivity index (χ3v) is 8.69. The zero-order valence-corrected chi connectivity index (χ0v) is 20.6. The molecule has 34 heavy (non-hydrogen) atoms. The number of amides is 1. The number of anilines is 1. The smallest absolute Gasteiger partial charge is 0.263 e. The Hall–Kier alpha value is -2.88. The molecule has 1 fully saturated rings. The molecule has 3 heterocycles. The predicted molar refractivity (Wildman–Crippen MR) is 137 cm³/mol. The lowest BCUT2D eigenvalue weighted by atomic mass is 9.89. The summed E-state index contributed by atoms with van der Waals surface area (Å²) in [6, 6.07) is 14.7. The monoisotopic (exact) mass is 516 g/mol. The topological polar surface area (TPSA) is 84.3 Å². The van der Waals surface area contributed by atoms with Crippen molar-refractivity contribution in [2.45, 2.75) is 30.2 Å². The van der Waals surface area contributed by atoms with E-state index in [1.807, 2.05) is 52.1 Å². The van der Waals surface area contributed by atoms with Crippen molar-refractivity contribution >= 4 is 54.9 Å². The van der Waals surface area contributed by atoms with Crippen molar-refractivity contribution in [2.24, 2.45) is 0 Å². The van der Waals surface area contributed by atoms with Gasteiger partial charge in [-0.3, -0.25) is 9.52 Å². The van der Waals surface area contributed by atoms with Gasteiger partial charge in [0.25, 0.3) is 10.0 Å². The number of aromatic nitrogens is 2. The summed E-state index contributed by atoms with van der Waals surface area (Å²) < 4.78 is 29.5. The molecule has 2 aromatic carbocycles. The standard InChI is InChI=1S/C24H23ClN4O3S2.H2/c25-21-3-1-2-19-10-14-29(23(19)21)16-22(30)28-12-8-18(9-13-28)17-4-6-20(7-5-17)34(31,32)27-24-26-11-15-33-24;/h1-7,10-11,14-15,18H,8-9,12-13,16H2,(H,26,27);1H. The summed E-state index contributed by atoms with van der Waals surface area (Å²) in [5.41, 5.74) is 1.97. The summed E-state index contributed by atoms with van der Waals surface area (Å²) in [6.45, 7) is 1.60. The Morgan fingerprint density at radius 2 is 1.91 bits per heavy atom. The molecule has 5 rings (SSSR count). The van der Waals surface area contributed by atoms with Crippen LogP contribution in [0.3, 0.4) is 0 Å². The minimum atomic E-state index is -3.66. The SMILES string of the molecule is O=C(Cn1ccc2cccc(Cl)c21)N1CCC(c2ccc(S(=O)(=O)Nc3nccs3)cc2)CC1.[HH]. The Morgan fingerprint density at radius 3 is 2.62 bits per heavy atom. The molecule has 0 aliphatic carbocycles. The molecule has 0 bridgehead atoms. The third-order valence-electron chi connectivity index (χ3n) is 6.21. The van der Waals surface area contributed by atoms with E-state index in [1.165, 1.54) is 11.3 Å². The molecule has 0 unspecified atom stereocenters. The van der Waals surface area contributed by atoms with Crippen LogP contribution in [-0.4, -0.2) is 41.9 Å². The Labute approximate surface area is 208 Å². The summed E-state index contributed by atoms with van der Waals surface area (Å²) in [4.78, 5) is 19.0. The highest BCUT2D eigenvalue weighted by Crippen LogP contribution is 2.30. The van der Waals surface area contributed by atoms with Crippen molar-refractivity contribution in [1.82, 2.24) is 14.5 Å². The first-order chi connectivity index (χ1) is 16.4. The van der Waals surface area contributed by atoms with Gasteiger partial charge in [0.15, 0.2) is 5.13 Å². The van der Waals surface area contributed by atoms with E-state index in [1.54, 1.807) is 23.7 Å². The van der Waals surface area contributed by atoms with Crippen molar-refractivity contribution < 1.29 is 14.6 Å². The van der Waals surface area contributed by atoms with Crippen LogP contribution in [0, 0.1) is 0 Å². The number of hydrogen-bond acceptors (Lipinski definition) is 5. The number of carbonyl (C=O) groups excluding carboxylic acids is 1. The third kappa shape index (κ3) is 4.68. The summed E-state index contributed by atoms with van der Waals surface area (Å²) in [5, 5.41) is 3.72. The molecule has 1 aliphatic heterocycles. The fourth-order valence-electron chi connectivity index (χ4n) is 4.42. The Kier molecular flexibility index (Phi) is 6.33. The quantitative estimate of drug-likeness (QED) is 0.381. The normalized spacial score (nSPS) is 15.0. The summed E-state index contributed by atoms with van der Waals surface area (Å²) in [7, 11) is -3.66. The van der Waals surface area contributed by atoms with E-state index in [0.717, 1.165) is 29.3 Å². The number of hydrogen-bond donors (Lipinski definition) is 1. The number of rotatable bonds is 6. The number of thiazole rings is 1. The number of fused-ring (bicyclic) bond motifs is 1. The first-order valence-electron chi connectivity index (χ1n) is 10.9. The summed E-state index contributed by atoms with van der Waals surface area (Å²) >= 11 is 7.58. The molecule has 10 heteroatoms. The maximum Gasteiger partial charge on any atom is 0.263 e. The molecule has 7 nitrogen and oxygen atoms in total. The summed E-state index contributed by atoms with van der Waals surface area (Å²) in [5.74, 6) is 0.361. The van der Waals surface area contributed by atoms with E-state index in [4.69, 9.17) is 11.6 Å². The maximum absolute atomic E-state index is 12.9. The highest BCUT2D eigenvalue weighted by Gasteiger charge is 2.25. The maximum atomic E-state index is 12.9. The number of piperidine rings is 1. The number of sulfonamides is 1. The van der Waals surface area contributed by atoms with Gasteiger partial charge in [0.1, 0.15) is 6.54 Å². The van der Waals surface area contributed by atoms with Crippen LogP contribution < -0.4 is 4.72 Å². The number of carbonyl (C=O) groups is 1. The number of nitrogens with zero attached hydrogens (tertiary/aromatic N) is 3. The van der Waals surface area contributed by atoms with Gasteiger partial charge < -0.3 is 9.47 Å². The molecule has 4 aromatic rings. The lowest BCUT2D eigenvalue weighted by Crippen LogP contribution is -2.39. The van der Waals surface area contributed by atoms with Gasteiger partial charge in [0.05, 0.1) is 15.4 Å². The Morgan fingerprint density at radius 1 is 1.15 bits per heavy atom. The molecule has 1 amide bonds. The second-order valence-corrected chi connectivity index (χ2v) is 11.3. The molecular weight excluding hydrogens is 492 g/mol. The fourth-order valence-corrected chi connectivity index (χ4v) is 6.50. The van der Waals surface area contributed by atoms with E-state index < -0.39 is 10.0 Å². The molecule has 2 aromatic heterocycles. The van der Waals surface area contributed by atoms with Gasteiger partial charge in [-0.05, 0) is 48.6 Å². The summed E-state index contributed by atoms with van der Waals surface area (Å²) in [6.07, 6.45) is 5.13. The van der Waals surface area contributed by atoms with Crippen molar-refractivity contribution in [1.29, 1.82) is 0 Å². The van der Waals surface area contributed by atoms with Crippen molar-refractivity contribution in [3.05, 3.63) is 76.9 Å². The van der Waals surface area contributed by atoms with Crippen LogP contribution in [0.15, 0.2) is 71.2 Å². The molecule has 178 valence electrons. The van der Waals surface area contributed by atoms with Crippen molar-refractivity contribution in [2.75, 3.05) is 17.8 Å². The van der Waals surface area contributed by atoms with Gasteiger partial charge in [-0.1, -0.05) is 35.9 Å². The number of para-hydroxylation sites is 1. The molecule has 0 spiro atoms. The minimum Gasteiger partial charge on any atom is -0.341 e. The van der Waals surface area contributed by atoms with Crippen molar-refractivity contribution in [3.63, 3.8) is 0 Å². The molecule has 1 N–H and O–H groups in total. The first-order valence-corrected chi connectivity index (χ1v) is 13.7. The molecule has 1 saturated heterocycles. The van der Waals surface area contributed by atoms with Gasteiger partial charge in [-0.15, -0.1) is 11.3 Å². The first kappa shape index (κ1) is 22.9. The average molecular weight is 517 g/mol. The molecule has 0 atom stereocenters. The zero-order valence-electron chi connectivity index (χ0n) is 18.2. The number of likely N-dealkylation sites (tertiary alicyclic amines) is 1. The van der Waals surface area contributed by atoms with E-state index in [2.05, 4.69) is 9.71 Å². The lowest BCUT2D eigenvalue weighted by molar-refractivity contribution is -0.132. The van der Waals surface area contributed by atoms with Crippen LogP contribution in [0.2, 0.25) is 5.02 Å². The van der Waals surface area contributed by atoms with E-state index in [0.29, 0.717) is 23.2 Å². The van der Waals surface area contributed by atoms with Gasteiger partial charge in [0, 0.05) is 37.7 Å². The van der Waals surface area contributed by atoms with E-state index in [-0.39, 0.29) is 24.7 Å². The predicted octanol–water partition coefficient (Wildman–Crippen LogP) is 5.20.